The minimum Gasteiger partial charge on any atom is -0.368 e. The molecular formula is C25H26N2O2. The first-order valence-electron chi connectivity index (χ1n) is 9.71. The summed E-state index contributed by atoms with van der Waals surface area (Å²) < 4.78 is 0. The highest BCUT2D eigenvalue weighted by Gasteiger charge is 2.27. The number of nitrogens with two attached hydrogens (primary N) is 1. The van der Waals surface area contributed by atoms with Crippen molar-refractivity contribution in [3.63, 3.8) is 0 Å². The van der Waals surface area contributed by atoms with Crippen LogP contribution >= 0.6 is 0 Å². The van der Waals surface area contributed by atoms with Gasteiger partial charge in [-0.15, -0.1) is 0 Å². The highest BCUT2D eigenvalue weighted by molar-refractivity contribution is 5.92. The van der Waals surface area contributed by atoms with Gasteiger partial charge in [-0.05, 0) is 41.7 Å². The van der Waals surface area contributed by atoms with E-state index in [-0.39, 0.29) is 5.91 Å². The zero-order valence-corrected chi connectivity index (χ0v) is 16.8. The fraction of sp³-hybridized carbons (Fsp3) is 0.200. The topological polar surface area (TPSA) is 72.2 Å². The van der Waals surface area contributed by atoms with Crippen LogP contribution in [0.2, 0.25) is 0 Å². The monoisotopic (exact) mass is 386 g/mol. The van der Waals surface area contributed by atoms with Crippen molar-refractivity contribution in [2.45, 2.75) is 32.2 Å². The molecule has 0 fully saturated rings. The van der Waals surface area contributed by atoms with Gasteiger partial charge in [-0.2, -0.15) is 0 Å². The maximum Gasteiger partial charge on any atom is 0.240 e. The smallest absolute Gasteiger partial charge is 0.240 e. The Bertz CT molecular complexity index is 945. The number of benzene rings is 3. The lowest BCUT2D eigenvalue weighted by Crippen LogP contribution is -2.47. The Balaban J connectivity index is 1.86. The molecule has 2 amide bonds. The summed E-state index contributed by atoms with van der Waals surface area (Å²) in [5.41, 5.74) is 10.6. The van der Waals surface area contributed by atoms with Gasteiger partial charge in [0.1, 0.15) is 6.04 Å². The molecule has 3 aromatic rings. The SMILES string of the molecule is Cc1ccc(C[C@@H](NC(=O)C(c2ccccc2)c2ccccc2)C(N)=O)cc1C. The average molecular weight is 386 g/mol. The van der Waals surface area contributed by atoms with E-state index in [1.54, 1.807) is 0 Å². The number of hydrogen-bond acceptors (Lipinski definition) is 2. The highest BCUT2D eigenvalue weighted by atomic mass is 16.2. The van der Waals surface area contributed by atoms with E-state index in [9.17, 15) is 9.59 Å². The first-order valence-corrected chi connectivity index (χ1v) is 9.71. The van der Waals surface area contributed by atoms with E-state index in [1.807, 2.05) is 92.7 Å². The number of amides is 2. The number of hydrogen-bond donors (Lipinski definition) is 2. The van der Waals surface area contributed by atoms with Crippen LogP contribution in [0.5, 0.6) is 0 Å². The predicted molar refractivity (Wildman–Crippen MR) is 115 cm³/mol. The molecule has 0 saturated heterocycles. The fourth-order valence-electron chi connectivity index (χ4n) is 3.43. The van der Waals surface area contributed by atoms with Gasteiger partial charge in [0.15, 0.2) is 0 Å². The second kappa shape index (κ2) is 9.20. The molecule has 0 bridgehead atoms. The van der Waals surface area contributed by atoms with Gasteiger partial charge in [0, 0.05) is 6.42 Å². The molecule has 0 radical (unpaired) electrons. The molecule has 0 aromatic heterocycles. The summed E-state index contributed by atoms with van der Waals surface area (Å²) in [5.74, 6) is -1.30. The number of aryl methyl sites for hydroxylation is 2. The van der Waals surface area contributed by atoms with Crippen molar-refractivity contribution < 1.29 is 9.59 Å². The van der Waals surface area contributed by atoms with E-state index < -0.39 is 17.9 Å². The number of primary amides is 1. The van der Waals surface area contributed by atoms with Crippen LogP contribution in [0.1, 0.15) is 33.7 Å². The molecule has 4 nitrogen and oxygen atoms in total. The maximum absolute atomic E-state index is 13.3. The van der Waals surface area contributed by atoms with Crippen molar-refractivity contribution in [2.24, 2.45) is 5.73 Å². The van der Waals surface area contributed by atoms with E-state index >= 15 is 0 Å². The van der Waals surface area contributed by atoms with Gasteiger partial charge >= 0.3 is 0 Å². The lowest BCUT2D eigenvalue weighted by molar-refractivity contribution is -0.127. The molecule has 0 saturated carbocycles. The second-order valence-corrected chi connectivity index (χ2v) is 7.34. The van der Waals surface area contributed by atoms with Crippen LogP contribution in [-0.2, 0) is 16.0 Å². The van der Waals surface area contributed by atoms with Crippen LogP contribution in [0.25, 0.3) is 0 Å². The van der Waals surface area contributed by atoms with Crippen molar-refractivity contribution in [2.75, 3.05) is 0 Å². The van der Waals surface area contributed by atoms with Crippen LogP contribution in [0.15, 0.2) is 78.9 Å². The summed E-state index contributed by atoms with van der Waals surface area (Å²) >= 11 is 0. The Labute approximate surface area is 171 Å². The van der Waals surface area contributed by atoms with Crippen molar-refractivity contribution in [3.05, 3.63) is 107 Å². The number of rotatable bonds is 7. The molecule has 4 heteroatoms. The third kappa shape index (κ3) is 5.11. The largest absolute Gasteiger partial charge is 0.368 e. The molecule has 3 rings (SSSR count). The van der Waals surface area contributed by atoms with Crippen LogP contribution in [0, 0.1) is 13.8 Å². The number of carbonyl (C=O) groups excluding carboxylic acids is 2. The van der Waals surface area contributed by atoms with E-state index in [2.05, 4.69) is 5.32 Å². The van der Waals surface area contributed by atoms with Crippen LogP contribution in [0.3, 0.4) is 0 Å². The lowest BCUT2D eigenvalue weighted by Gasteiger charge is -2.22. The molecule has 29 heavy (non-hydrogen) atoms. The van der Waals surface area contributed by atoms with Crippen molar-refractivity contribution in [3.8, 4) is 0 Å². The fourth-order valence-corrected chi connectivity index (χ4v) is 3.43. The summed E-state index contributed by atoms with van der Waals surface area (Å²) in [4.78, 5) is 25.3. The Morgan fingerprint density at radius 2 is 1.38 bits per heavy atom. The Kier molecular flexibility index (Phi) is 6.45. The minimum absolute atomic E-state index is 0.241. The summed E-state index contributed by atoms with van der Waals surface area (Å²) in [5, 5.41) is 2.88. The van der Waals surface area contributed by atoms with Gasteiger partial charge in [0.2, 0.25) is 11.8 Å². The molecule has 0 unspecified atom stereocenters. The first-order chi connectivity index (χ1) is 14.0. The molecule has 0 aliphatic rings. The Morgan fingerprint density at radius 1 is 0.828 bits per heavy atom. The summed E-state index contributed by atoms with van der Waals surface area (Å²) in [7, 11) is 0. The van der Waals surface area contributed by atoms with Crippen molar-refractivity contribution >= 4 is 11.8 Å². The molecule has 0 heterocycles. The molecule has 148 valence electrons. The maximum atomic E-state index is 13.3. The minimum atomic E-state index is -0.778. The molecule has 3 N–H and O–H groups in total. The molecule has 0 spiro atoms. The zero-order valence-electron chi connectivity index (χ0n) is 16.8. The van der Waals surface area contributed by atoms with Crippen molar-refractivity contribution in [1.29, 1.82) is 0 Å². The van der Waals surface area contributed by atoms with Crippen LogP contribution in [0.4, 0.5) is 0 Å². The summed E-state index contributed by atoms with van der Waals surface area (Å²) in [6.45, 7) is 4.06. The molecule has 0 aliphatic carbocycles. The molecule has 3 aromatic carbocycles. The average Bonchev–Trinajstić information content (AvgIpc) is 2.72. The Morgan fingerprint density at radius 3 is 1.86 bits per heavy atom. The van der Waals surface area contributed by atoms with Gasteiger partial charge in [-0.25, -0.2) is 0 Å². The zero-order chi connectivity index (χ0) is 20.8. The number of carbonyl (C=O) groups is 2. The highest BCUT2D eigenvalue weighted by Crippen LogP contribution is 2.25. The van der Waals surface area contributed by atoms with Gasteiger partial charge in [-0.3, -0.25) is 9.59 Å². The Hall–Kier alpha value is -3.40. The van der Waals surface area contributed by atoms with E-state index in [1.165, 1.54) is 5.56 Å². The number of nitrogens with one attached hydrogen (secondary N) is 1. The normalized spacial score (nSPS) is 11.8. The standard InChI is InChI=1S/C25H26N2O2/c1-17-13-14-19(15-18(17)2)16-22(24(26)28)27-25(29)23(20-9-5-3-6-10-20)21-11-7-4-8-12-21/h3-15,22-23H,16H2,1-2H3,(H2,26,28)(H,27,29)/t22-/m1/s1. The van der Waals surface area contributed by atoms with Gasteiger partial charge < -0.3 is 11.1 Å². The van der Waals surface area contributed by atoms with Gasteiger partial charge in [0.25, 0.3) is 0 Å². The van der Waals surface area contributed by atoms with Gasteiger partial charge in [-0.1, -0.05) is 78.9 Å². The quantitative estimate of drug-likeness (QED) is 0.651. The van der Waals surface area contributed by atoms with E-state index in [0.717, 1.165) is 22.3 Å². The third-order valence-corrected chi connectivity index (χ3v) is 5.20. The van der Waals surface area contributed by atoms with E-state index in [4.69, 9.17) is 5.73 Å². The van der Waals surface area contributed by atoms with E-state index in [0.29, 0.717) is 6.42 Å². The molecular weight excluding hydrogens is 360 g/mol. The van der Waals surface area contributed by atoms with Crippen LogP contribution in [-0.4, -0.2) is 17.9 Å². The van der Waals surface area contributed by atoms with Gasteiger partial charge in [0.05, 0.1) is 5.92 Å². The predicted octanol–water partition coefficient (Wildman–Crippen LogP) is 3.65. The van der Waals surface area contributed by atoms with Crippen LogP contribution < -0.4 is 11.1 Å². The third-order valence-electron chi connectivity index (χ3n) is 5.20. The lowest BCUT2D eigenvalue weighted by atomic mass is 9.90. The molecule has 1 atom stereocenters. The summed E-state index contributed by atoms with van der Waals surface area (Å²) in [6, 6.07) is 24.3. The second-order valence-electron chi connectivity index (χ2n) is 7.34. The first kappa shape index (κ1) is 20.3. The molecule has 0 aliphatic heterocycles. The summed E-state index contributed by atoms with van der Waals surface area (Å²) in [6.07, 6.45) is 0.360. The van der Waals surface area contributed by atoms with Crippen molar-refractivity contribution in [1.82, 2.24) is 5.32 Å².